The molecular weight excluding hydrogens is 327 g/mol. The first kappa shape index (κ1) is 16.8. The standard InChI is InChI=1S/C12H13ClF3N3O3/c13-9-2-1-6(3-17-9)10(12(14,15)16)19-4-7(8(20)5-19)18-11(21)22/h1-3,7-8,10,18,20H,4-5H2,(H,21,22)/t7-,8+,10-/m1/s1. The molecule has 1 aliphatic heterocycles. The van der Waals surface area contributed by atoms with E-state index in [9.17, 15) is 23.1 Å². The van der Waals surface area contributed by atoms with Gasteiger partial charge in [0, 0.05) is 19.3 Å². The fourth-order valence-electron chi connectivity index (χ4n) is 2.48. The van der Waals surface area contributed by atoms with Gasteiger partial charge in [-0.3, -0.25) is 4.90 Å². The Labute approximate surface area is 128 Å². The molecule has 10 heteroatoms. The highest BCUT2D eigenvalue weighted by atomic mass is 35.5. The molecule has 3 atom stereocenters. The monoisotopic (exact) mass is 339 g/mol. The van der Waals surface area contributed by atoms with Crippen LogP contribution in [-0.4, -0.2) is 57.6 Å². The van der Waals surface area contributed by atoms with Crippen LogP contribution in [0.3, 0.4) is 0 Å². The first-order valence-electron chi connectivity index (χ1n) is 6.28. The van der Waals surface area contributed by atoms with Crippen molar-refractivity contribution in [2.45, 2.75) is 24.4 Å². The minimum Gasteiger partial charge on any atom is -0.465 e. The summed E-state index contributed by atoms with van der Waals surface area (Å²) >= 11 is 5.57. The average molecular weight is 340 g/mol. The van der Waals surface area contributed by atoms with Crippen LogP contribution in [0.1, 0.15) is 11.6 Å². The van der Waals surface area contributed by atoms with Gasteiger partial charge in [0.05, 0.1) is 12.1 Å². The first-order valence-corrected chi connectivity index (χ1v) is 6.66. The number of nitrogens with zero attached hydrogens (tertiary/aromatic N) is 2. The van der Waals surface area contributed by atoms with Crippen LogP contribution in [0.5, 0.6) is 0 Å². The third-order valence-electron chi connectivity index (χ3n) is 3.37. The second kappa shape index (κ2) is 6.27. The van der Waals surface area contributed by atoms with Gasteiger partial charge in [0.25, 0.3) is 0 Å². The highest BCUT2D eigenvalue weighted by molar-refractivity contribution is 6.29. The molecule has 0 aromatic carbocycles. The molecule has 1 amide bonds. The van der Waals surface area contributed by atoms with Gasteiger partial charge in [-0.15, -0.1) is 0 Å². The summed E-state index contributed by atoms with van der Waals surface area (Å²) in [6.07, 6.45) is -6.21. The molecule has 6 nitrogen and oxygen atoms in total. The van der Waals surface area contributed by atoms with E-state index < -0.39 is 30.5 Å². The zero-order valence-electron chi connectivity index (χ0n) is 11.1. The van der Waals surface area contributed by atoms with E-state index in [2.05, 4.69) is 4.98 Å². The van der Waals surface area contributed by atoms with Gasteiger partial charge in [-0.2, -0.15) is 13.2 Å². The van der Waals surface area contributed by atoms with E-state index in [4.69, 9.17) is 16.7 Å². The molecule has 0 bridgehead atoms. The Balaban J connectivity index is 2.24. The van der Waals surface area contributed by atoms with Crippen LogP contribution < -0.4 is 5.32 Å². The summed E-state index contributed by atoms with van der Waals surface area (Å²) in [6, 6.07) is -0.525. The zero-order chi connectivity index (χ0) is 16.5. The van der Waals surface area contributed by atoms with Gasteiger partial charge < -0.3 is 15.5 Å². The number of aliphatic hydroxyl groups is 1. The van der Waals surface area contributed by atoms with E-state index >= 15 is 0 Å². The largest absolute Gasteiger partial charge is 0.465 e. The molecule has 0 saturated carbocycles. The summed E-state index contributed by atoms with van der Waals surface area (Å²) in [5, 5.41) is 20.5. The third-order valence-corrected chi connectivity index (χ3v) is 3.59. The van der Waals surface area contributed by atoms with E-state index in [-0.39, 0.29) is 23.8 Å². The minimum atomic E-state index is -4.60. The van der Waals surface area contributed by atoms with Gasteiger partial charge in [-0.05, 0) is 11.6 Å². The number of hydrogen-bond acceptors (Lipinski definition) is 4. The van der Waals surface area contributed by atoms with Gasteiger partial charge in [-0.25, -0.2) is 9.78 Å². The normalized spacial score (nSPS) is 24.2. The average Bonchev–Trinajstić information content (AvgIpc) is 2.70. The lowest BCUT2D eigenvalue weighted by molar-refractivity contribution is -0.184. The molecule has 2 rings (SSSR count). The Hall–Kier alpha value is -1.58. The first-order chi connectivity index (χ1) is 10.2. The van der Waals surface area contributed by atoms with Crippen LogP contribution in [-0.2, 0) is 0 Å². The summed E-state index contributed by atoms with van der Waals surface area (Å²) in [5.41, 5.74) is -0.125. The second-order valence-corrected chi connectivity index (χ2v) is 5.32. The van der Waals surface area contributed by atoms with E-state index in [0.717, 1.165) is 11.1 Å². The van der Waals surface area contributed by atoms with Crippen LogP contribution in [0.4, 0.5) is 18.0 Å². The molecule has 1 fully saturated rings. The Morgan fingerprint density at radius 2 is 2.14 bits per heavy atom. The molecule has 0 unspecified atom stereocenters. The quantitative estimate of drug-likeness (QED) is 0.729. The number of carbonyl (C=O) groups is 1. The number of β-amino-alcohol motifs (C(OH)–C–C–N with tert-alkyl or cyclic N) is 1. The Bertz CT molecular complexity index is 541. The fraction of sp³-hybridized carbons (Fsp3) is 0.500. The lowest BCUT2D eigenvalue weighted by atomic mass is 10.1. The molecular formula is C12H13ClF3N3O3. The molecule has 3 N–H and O–H groups in total. The molecule has 1 aromatic heterocycles. The van der Waals surface area contributed by atoms with Crippen molar-refractivity contribution < 1.29 is 28.2 Å². The number of alkyl halides is 3. The molecule has 1 saturated heterocycles. The van der Waals surface area contributed by atoms with Crippen molar-refractivity contribution in [2.75, 3.05) is 13.1 Å². The number of halogens is 4. The molecule has 0 spiro atoms. The Morgan fingerprint density at radius 1 is 1.45 bits per heavy atom. The number of aromatic nitrogens is 1. The van der Waals surface area contributed by atoms with Gasteiger partial charge in [0.15, 0.2) is 0 Å². The number of hydrogen-bond donors (Lipinski definition) is 3. The summed E-state index contributed by atoms with van der Waals surface area (Å²) in [4.78, 5) is 15.2. The van der Waals surface area contributed by atoms with Crippen LogP contribution in [0.15, 0.2) is 18.3 Å². The van der Waals surface area contributed by atoms with Gasteiger partial charge >= 0.3 is 12.3 Å². The van der Waals surface area contributed by atoms with Crippen molar-refractivity contribution in [1.29, 1.82) is 0 Å². The topological polar surface area (TPSA) is 85.7 Å². The van der Waals surface area contributed by atoms with Crippen molar-refractivity contribution in [3.05, 3.63) is 29.0 Å². The SMILES string of the molecule is O=C(O)N[C@@H]1CN([C@H](c2ccc(Cl)nc2)C(F)(F)F)C[C@@H]1O. The highest BCUT2D eigenvalue weighted by Gasteiger charge is 2.49. The number of pyridine rings is 1. The maximum absolute atomic E-state index is 13.4. The molecule has 0 aliphatic carbocycles. The third kappa shape index (κ3) is 3.79. The molecule has 1 aromatic rings. The lowest BCUT2D eigenvalue weighted by Gasteiger charge is -2.29. The highest BCUT2D eigenvalue weighted by Crippen LogP contribution is 2.39. The maximum atomic E-state index is 13.4. The molecule has 1 aliphatic rings. The van der Waals surface area contributed by atoms with E-state index in [1.165, 1.54) is 12.1 Å². The summed E-state index contributed by atoms with van der Waals surface area (Å²) in [6.45, 7) is -0.571. The van der Waals surface area contributed by atoms with Crippen molar-refractivity contribution >= 4 is 17.7 Å². The number of aliphatic hydroxyl groups excluding tert-OH is 1. The molecule has 2 heterocycles. The van der Waals surface area contributed by atoms with Crippen LogP contribution in [0.2, 0.25) is 5.15 Å². The van der Waals surface area contributed by atoms with Gasteiger partial charge in [0.2, 0.25) is 0 Å². The van der Waals surface area contributed by atoms with E-state index in [1.54, 1.807) is 0 Å². The van der Waals surface area contributed by atoms with Crippen molar-refractivity contribution in [2.24, 2.45) is 0 Å². The van der Waals surface area contributed by atoms with Crippen LogP contribution in [0, 0.1) is 0 Å². The van der Waals surface area contributed by atoms with Crippen LogP contribution >= 0.6 is 11.6 Å². The van der Waals surface area contributed by atoms with Crippen LogP contribution in [0.25, 0.3) is 0 Å². The predicted octanol–water partition coefficient (Wildman–Crippen LogP) is 1.65. The molecule has 0 radical (unpaired) electrons. The summed E-state index contributed by atoms with van der Waals surface area (Å²) < 4.78 is 40.1. The lowest BCUT2D eigenvalue weighted by Crippen LogP contribution is -2.42. The second-order valence-electron chi connectivity index (χ2n) is 4.94. The molecule has 22 heavy (non-hydrogen) atoms. The number of rotatable bonds is 3. The fourth-order valence-corrected chi connectivity index (χ4v) is 2.60. The summed E-state index contributed by atoms with van der Waals surface area (Å²) in [5.74, 6) is 0. The minimum absolute atomic E-state index is 0.0663. The van der Waals surface area contributed by atoms with Crippen molar-refractivity contribution in [3.8, 4) is 0 Å². The Morgan fingerprint density at radius 3 is 2.64 bits per heavy atom. The number of amides is 1. The number of nitrogens with one attached hydrogen (secondary N) is 1. The van der Waals surface area contributed by atoms with Crippen molar-refractivity contribution in [1.82, 2.24) is 15.2 Å². The smallest absolute Gasteiger partial charge is 0.408 e. The van der Waals surface area contributed by atoms with Crippen molar-refractivity contribution in [3.63, 3.8) is 0 Å². The Kier molecular flexibility index (Phi) is 4.78. The van der Waals surface area contributed by atoms with Gasteiger partial charge in [0.1, 0.15) is 11.2 Å². The van der Waals surface area contributed by atoms with Gasteiger partial charge in [-0.1, -0.05) is 17.7 Å². The van der Waals surface area contributed by atoms with E-state index in [0.29, 0.717) is 0 Å². The zero-order valence-corrected chi connectivity index (χ0v) is 11.8. The number of carboxylic acid groups (broad SMARTS) is 1. The predicted molar refractivity (Wildman–Crippen MR) is 70.6 cm³/mol. The molecule has 122 valence electrons. The number of likely N-dealkylation sites (tertiary alicyclic amines) is 1. The maximum Gasteiger partial charge on any atom is 0.408 e. The van der Waals surface area contributed by atoms with E-state index in [1.807, 2.05) is 5.32 Å². The summed E-state index contributed by atoms with van der Waals surface area (Å²) in [7, 11) is 0.